The summed E-state index contributed by atoms with van der Waals surface area (Å²) in [5.74, 6) is -1.34. The van der Waals surface area contributed by atoms with Gasteiger partial charge in [0.2, 0.25) is 0 Å². The van der Waals surface area contributed by atoms with E-state index in [1.54, 1.807) is 23.9 Å². The second-order valence-electron chi connectivity index (χ2n) is 9.22. The zero-order chi connectivity index (χ0) is 25.3. The summed E-state index contributed by atoms with van der Waals surface area (Å²) in [5, 5.41) is 1.45. The third-order valence-electron chi connectivity index (χ3n) is 6.90. The number of benzene rings is 2. The summed E-state index contributed by atoms with van der Waals surface area (Å²) in [5.41, 5.74) is 3.46. The predicted octanol–water partition coefficient (Wildman–Crippen LogP) is 3.92. The maximum Gasteiger partial charge on any atom is 0.318 e. The fourth-order valence-electron chi connectivity index (χ4n) is 4.75. The molecule has 3 aromatic rings. The first-order valence-electron chi connectivity index (χ1n) is 11.7. The summed E-state index contributed by atoms with van der Waals surface area (Å²) in [4.78, 5) is 45.4. The number of hydrogen-bond acceptors (Lipinski definition) is 4. The van der Waals surface area contributed by atoms with E-state index in [2.05, 4.69) is 0 Å². The Morgan fingerprint density at radius 3 is 2.37 bits per heavy atom. The van der Waals surface area contributed by atoms with Gasteiger partial charge in [0.1, 0.15) is 5.82 Å². The van der Waals surface area contributed by atoms with Crippen LogP contribution in [0.25, 0.3) is 10.9 Å². The smallest absolute Gasteiger partial charge is 0.318 e. The summed E-state index contributed by atoms with van der Waals surface area (Å²) < 4.78 is 15.0. The Kier molecular flexibility index (Phi) is 7.03. The van der Waals surface area contributed by atoms with Crippen LogP contribution in [0.5, 0.6) is 0 Å². The molecule has 1 saturated heterocycles. The standard InChI is InChI=1S/C27H30FN3O4/c1-17-13-24-22(23(16-29(24)2)25(32)27(34)30(3)35-4)15-21(17)26(33)31-11-9-19(10-12-31)14-18-5-7-20(28)8-6-18/h5-8,13,15-16,19H,9-12,14H2,1-4H3. The molecule has 2 heterocycles. The van der Waals surface area contributed by atoms with E-state index in [1.807, 2.05) is 30.0 Å². The lowest BCUT2D eigenvalue weighted by atomic mass is 9.89. The Labute approximate surface area is 204 Å². The molecule has 1 fully saturated rings. The topological polar surface area (TPSA) is 71.8 Å². The molecule has 4 rings (SSSR count). The number of amides is 2. The van der Waals surface area contributed by atoms with Crippen LogP contribution in [-0.4, -0.2) is 59.4 Å². The number of piperidine rings is 1. The van der Waals surface area contributed by atoms with E-state index in [-0.39, 0.29) is 17.3 Å². The fourth-order valence-corrected chi connectivity index (χ4v) is 4.75. The minimum atomic E-state index is -0.781. The highest BCUT2D eigenvalue weighted by Crippen LogP contribution is 2.28. The highest BCUT2D eigenvalue weighted by molar-refractivity contribution is 6.44. The van der Waals surface area contributed by atoms with Gasteiger partial charge in [0, 0.05) is 49.8 Å². The van der Waals surface area contributed by atoms with Crippen LogP contribution >= 0.6 is 0 Å². The lowest BCUT2D eigenvalue weighted by Gasteiger charge is -2.32. The van der Waals surface area contributed by atoms with Crippen molar-refractivity contribution in [2.75, 3.05) is 27.2 Å². The number of likely N-dealkylation sites (N-methyl/N-ethyl adjacent to an activating group) is 1. The summed E-state index contributed by atoms with van der Waals surface area (Å²) in [6.07, 6.45) is 4.23. The number of nitrogens with zero attached hydrogens (tertiary/aromatic N) is 3. The molecule has 7 nitrogen and oxygen atoms in total. The quantitative estimate of drug-likeness (QED) is 0.305. The molecule has 2 aromatic carbocycles. The molecule has 0 N–H and O–H groups in total. The molecular formula is C27H30FN3O4. The van der Waals surface area contributed by atoms with Gasteiger partial charge in [-0.2, -0.15) is 0 Å². The molecule has 0 spiro atoms. The highest BCUT2D eigenvalue weighted by atomic mass is 19.1. The number of carbonyl (C=O) groups excluding carboxylic acids is 3. The Morgan fingerprint density at radius 2 is 1.74 bits per heavy atom. The number of carbonyl (C=O) groups is 3. The van der Waals surface area contributed by atoms with Gasteiger partial charge in [-0.3, -0.25) is 19.2 Å². The lowest BCUT2D eigenvalue weighted by molar-refractivity contribution is -0.162. The van der Waals surface area contributed by atoms with Crippen LogP contribution < -0.4 is 0 Å². The van der Waals surface area contributed by atoms with Gasteiger partial charge in [-0.15, -0.1) is 0 Å². The van der Waals surface area contributed by atoms with Crippen LogP contribution in [0.1, 0.15) is 44.7 Å². The number of fused-ring (bicyclic) bond motifs is 1. The first kappa shape index (κ1) is 24.6. The second-order valence-corrected chi connectivity index (χ2v) is 9.22. The third-order valence-corrected chi connectivity index (χ3v) is 6.90. The Hall–Kier alpha value is -3.52. The fraction of sp³-hybridized carbons (Fsp3) is 0.370. The molecule has 2 amide bonds. The van der Waals surface area contributed by atoms with E-state index in [4.69, 9.17) is 4.84 Å². The maximum atomic E-state index is 13.4. The monoisotopic (exact) mass is 479 g/mol. The maximum absolute atomic E-state index is 13.4. The predicted molar refractivity (Wildman–Crippen MR) is 130 cm³/mol. The van der Waals surface area contributed by atoms with Gasteiger partial charge in [0.25, 0.3) is 11.7 Å². The highest BCUT2D eigenvalue weighted by Gasteiger charge is 2.28. The molecule has 35 heavy (non-hydrogen) atoms. The SMILES string of the molecule is CON(C)C(=O)C(=O)c1cn(C)c2cc(C)c(C(=O)N3CCC(Cc4ccc(F)cc4)CC3)cc12. The van der Waals surface area contributed by atoms with Crippen LogP contribution in [0.15, 0.2) is 42.6 Å². The molecule has 0 bridgehead atoms. The van der Waals surface area contributed by atoms with Crippen LogP contribution in [-0.2, 0) is 23.1 Å². The molecule has 0 unspecified atom stereocenters. The first-order valence-corrected chi connectivity index (χ1v) is 11.7. The van der Waals surface area contributed by atoms with E-state index in [0.717, 1.165) is 41.0 Å². The number of halogens is 1. The summed E-state index contributed by atoms with van der Waals surface area (Å²) in [6.45, 7) is 3.16. The van der Waals surface area contributed by atoms with E-state index in [1.165, 1.54) is 26.3 Å². The van der Waals surface area contributed by atoms with Crippen molar-refractivity contribution in [3.63, 3.8) is 0 Å². The summed E-state index contributed by atoms with van der Waals surface area (Å²) in [7, 11) is 4.50. The molecule has 1 aliphatic heterocycles. The number of hydrogen-bond donors (Lipinski definition) is 0. The van der Waals surface area contributed by atoms with Crippen molar-refractivity contribution < 1.29 is 23.6 Å². The molecule has 0 atom stereocenters. The molecule has 0 radical (unpaired) electrons. The van der Waals surface area contributed by atoms with Gasteiger partial charge in [-0.1, -0.05) is 12.1 Å². The van der Waals surface area contributed by atoms with Crippen LogP contribution in [0.4, 0.5) is 4.39 Å². The third kappa shape index (κ3) is 4.98. The van der Waals surface area contributed by atoms with Gasteiger partial charge < -0.3 is 9.47 Å². The minimum Gasteiger partial charge on any atom is -0.350 e. The van der Waals surface area contributed by atoms with Crippen LogP contribution in [0, 0.1) is 18.7 Å². The molecule has 8 heteroatoms. The van der Waals surface area contributed by atoms with E-state index < -0.39 is 11.7 Å². The van der Waals surface area contributed by atoms with Crippen molar-refractivity contribution in [1.29, 1.82) is 0 Å². The Morgan fingerprint density at radius 1 is 1.09 bits per heavy atom. The molecule has 1 aromatic heterocycles. The van der Waals surface area contributed by atoms with Crippen molar-refractivity contribution >= 4 is 28.5 Å². The van der Waals surface area contributed by atoms with Crippen molar-refractivity contribution in [1.82, 2.24) is 14.5 Å². The number of hydroxylamine groups is 2. The second kappa shape index (κ2) is 10.00. The van der Waals surface area contributed by atoms with E-state index in [0.29, 0.717) is 30.0 Å². The summed E-state index contributed by atoms with van der Waals surface area (Å²) in [6, 6.07) is 10.2. The van der Waals surface area contributed by atoms with Crippen molar-refractivity contribution in [2.45, 2.75) is 26.2 Å². The van der Waals surface area contributed by atoms with E-state index in [9.17, 15) is 18.8 Å². The van der Waals surface area contributed by atoms with Gasteiger partial charge in [0.15, 0.2) is 0 Å². The number of ketones is 1. The first-order chi connectivity index (χ1) is 16.7. The van der Waals surface area contributed by atoms with Crippen molar-refractivity contribution in [3.8, 4) is 0 Å². The normalized spacial score (nSPS) is 14.4. The van der Waals surface area contributed by atoms with Gasteiger partial charge in [-0.05, 0) is 67.5 Å². The number of Topliss-reactive ketones (excluding diaryl/α,β-unsaturated/α-hetero) is 1. The molecule has 0 saturated carbocycles. The number of aryl methyl sites for hydroxylation is 2. The molecular weight excluding hydrogens is 449 g/mol. The lowest BCUT2D eigenvalue weighted by Crippen LogP contribution is -2.39. The Balaban J connectivity index is 1.53. The average Bonchev–Trinajstić information content (AvgIpc) is 3.18. The largest absolute Gasteiger partial charge is 0.350 e. The van der Waals surface area contributed by atoms with Gasteiger partial charge >= 0.3 is 5.91 Å². The number of aromatic nitrogens is 1. The van der Waals surface area contributed by atoms with Crippen LogP contribution in [0.2, 0.25) is 0 Å². The van der Waals surface area contributed by atoms with Gasteiger partial charge in [-0.25, -0.2) is 9.45 Å². The zero-order valence-electron chi connectivity index (χ0n) is 20.5. The summed E-state index contributed by atoms with van der Waals surface area (Å²) >= 11 is 0. The molecule has 0 aliphatic carbocycles. The van der Waals surface area contributed by atoms with Crippen LogP contribution in [0.3, 0.4) is 0 Å². The minimum absolute atomic E-state index is 0.0766. The Bertz CT molecular complexity index is 1270. The number of likely N-dealkylation sites (tertiary alicyclic amines) is 1. The molecule has 1 aliphatic rings. The van der Waals surface area contributed by atoms with Gasteiger partial charge in [0.05, 0.1) is 12.7 Å². The average molecular weight is 480 g/mol. The number of rotatable bonds is 6. The van der Waals surface area contributed by atoms with E-state index >= 15 is 0 Å². The van der Waals surface area contributed by atoms with Crippen molar-refractivity contribution in [3.05, 3.63) is 70.7 Å². The molecule has 184 valence electrons. The van der Waals surface area contributed by atoms with Crippen molar-refractivity contribution in [2.24, 2.45) is 13.0 Å². The zero-order valence-corrected chi connectivity index (χ0v) is 20.5.